The van der Waals surface area contributed by atoms with Crippen molar-refractivity contribution in [3.8, 4) is 5.75 Å². The second-order valence-corrected chi connectivity index (χ2v) is 5.23. The zero-order valence-electron chi connectivity index (χ0n) is 10.9. The molecule has 0 saturated carbocycles. The molecule has 0 unspecified atom stereocenters. The molecule has 5 heteroatoms. The van der Waals surface area contributed by atoms with Crippen LogP contribution < -0.4 is 10.1 Å². The molecule has 1 heterocycles. The van der Waals surface area contributed by atoms with Gasteiger partial charge in [0.15, 0.2) is 0 Å². The summed E-state index contributed by atoms with van der Waals surface area (Å²) < 4.78 is 5.25. The third-order valence-corrected chi connectivity index (χ3v) is 4.16. The zero-order valence-corrected chi connectivity index (χ0v) is 12.4. The molecule has 2 rings (SSSR count). The Kier molecular flexibility index (Phi) is 4.38. The van der Waals surface area contributed by atoms with Crippen LogP contribution in [0.15, 0.2) is 30.5 Å². The van der Waals surface area contributed by atoms with Gasteiger partial charge in [0.2, 0.25) is 0 Å². The highest BCUT2D eigenvalue weighted by Crippen LogP contribution is 2.28. The Balaban J connectivity index is 2.47. The van der Waals surface area contributed by atoms with E-state index in [1.54, 1.807) is 13.3 Å². The van der Waals surface area contributed by atoms with Crippen molar-refractivity contribution in [2.75, 3.05) is 24.2 Å². The number of benzene rings is 1. The molecule has 0 amide bonds. The van der Waals surface area contributed by atoms with E-state index < -0.39 is 5.54 Å². The van der Waals surface area contributed by atoms with Crippen LogP contribution in [0, 0.1) is 0 Å². The number of anilines is 1. The Morgan fingerprint density at radius 2 is 2.00 bits per heavy atom. The van der Waals surface area contributed by atoms with E-state index in [1.165, 1.54) is 0 Å². The Bertz CT molecular complexity index is 570. The third kappa shape index (κ3) is 3.04. The molecule has 0 spiro atoms. The molecule has 0 aliphatic heterocycles. The van der Waals surface area contributed by atoms with Crippen LogP contribution in [0.2, 0.25) is 0 Å². The van der Waals surface area contributed by atoms with Gasteiger partial charge in [0.25, 0.3) is 0 Å². The fraction of sp³-hybridized carbons (Fsp3) is 0.357. The first-order chi connectivity index (χ1) is 9.11. The van der Waals surface area contributed by atoms with E-state index in [1.807, 2.05) is 31.2 Å². The van der Waals surface area contributed by atoms with Gasteiger partial charge in [-0.25, -0.2) is 4.98 Å². The molecule has 0 atom stereocenters. The summed E-state index contributed by atoms with van der Waals surface area (Å²) in [6.07, 6.45) is 1.76. The quantitative estimate of drug-likeness (QED) is 0.850. The normalized spacial score (nSPS) is 11.6. The van der Waals surface area contributed by atoms with Crippen LogP contribution in [-0.4, -0.2) is 29.4 Å². The number of methoxy groups -OCH3 is 1. The predicted molar refractivity (Wildman–Crippen MR) is 81.8 cm³/mol. The first kappa shape index (κ1) is 14.2. The highest BCUT2D eigenvalue weighted by molar-refractivity contribution is 6.22. The maximum Gasteiger partial charge on any atom is 0.134 e. The van der Waals surface area contributed by atoms with Crippen molar-refractivity contribution in [2.24, 2.45) is 0 Å². The Morgan fingerprint density at radius 3 is 2.63 bits per heavy atom. The average molecular weight is 299 g/mol. The minimum atomic E-state index is -0.395. The maximum absolute atomic E-state index is 5.97. The number of nitrogens with zero attached hydrogens (tertiary/aromatic N) is 1. The minimum Gasteiger partial charge on any atom is -0.497 e. The highest BCUT2D eigenvalue weighted by Gasteiger charge is 2.23. The van der Waals surface area contributed by atoms with Crippen molar-refractivity contribution >= 4 is 39.8 Å². The van der Waals surface area contributed by atoms with Crippen LogP contribution in [-0.2, 0) is 0 Å². The standard InChI is InChI=1S/C14H16Cl2N2O/c1-14(8-15,9-16)18-13-12-7-11(19-2)4-3-10(12)5-6-17-13/h3-7H,8-9H2,1-2H3,(H,17,18). The number of alkyl halides is 2. The van der Waals surface area contributed by atoms with Gasteiger partial charge in [0.1, 0.15) is 11.6 Å². The van der Waals surface area contributed by atoms with Gasteiger partial charge in [-0.1, -0.05) is 6.07 Å². The molecule has 3 nitrogen and oxygen atoms in total. The molecule has 1 N–H and O–H groups in total. The molecule has 0 aliphatic rings. The van der Waals surface area contributed by atoms with E-state index in [9.17, 15) is 0 Å². The summed E-state index contributed by atoms with van der Waals surface area (Å²) >= 11 is 11.9. The molecule has 0 fully saturated rings. The molecule has 0 aliphatic carbocycles. The van der Waals surface area contributed by atoms with Crippen LogP contribution in [0.1, 0.15) is 6.92 Å². The summed E-state index contributed by atoms with van der Waals surface area (Å²) in [4.78, 5) is 4.38. The van der Waals surface area contributed by atoms with Crippen LogP contribution in [0.3, 0.4) is 0 Å². The van der Waals surface area contributed by atoms with Gasteiger partial charge in [-0.05, 0) is 30.5 Å². The van der Waals surface area contributed by atoms with Crippen LogP contribution in [0.5, 0.6) is 5.75 Å². The first-order valence-corrected chi connectivity index (χ1v) is 7.01. The number of hydrogen-bond donors (Lipinski definition) is 1. The summed E-state index contributed by atoms with van der Waals surface area (Å²) in [5, 5.41) is 5.40. The molecular formula is C14H16Cl2N2O. The SMILES string of the molecule is COc1ccc2ccnc(NC(C)(CCl)CCl)c2c1. The molecule has 102 valence electrons. The van der Waals surface area contributed by atoms with E-state index in [-0.39, 0.29) is 0 Å². The lowest BCUT2D eigenvalue weighted by molar-refractivity contribution is 0.415. The zero-order chi connectivity index (χ0) is 13.9. The van der Waals surface area contributed by atoms with Crippen LogP contribution in [0.4, 0.5) is 5.82 Å². The number of hydrogen-bond acceptors (Lipinski definition) is 3. The Labute approximate surface area is 122 Å². The van der Waals surface area contributed by atoms with Gasteiger partial charge < -0.3 is 10.1 Å². The molecular weight excluding hydrogens is 283 g/mol. The van der Waals surface area contributed by atoms with Crippen molar-refractivity contribution in [3.63, 3.8) is 0 Å². The van der Waals surface area contributed by atoms with E-state index in [4.69, 9.17) is 27.9 Å². The van der Waals surface area contributed by atoms with Crippen molar-refractivity contribution in [3.05, 3.63) is 30.5 Å². The lowest BCUT2D eigenvalue weighted by Crippen LogP contribution is -2.39. The number of rotatable bonds is 5. The summed E-state index contributed by atoms with van der Waals surface area (Å²) in [6.45, 7) is 1.97. The van der Waals surface area contributed by atoms with Crippen molar-refractivity contribution in [2.45, 2.75) is 12.5 Å². The fourth-order valence-electron chi connectivity index (χ4n) is 1.76. The Morgan fingerprint density at radius 1 is 1.26 bits per heavy atom. The number of halogens is 2. The topological polar surface area (TPSA) is 34.1 Å². The maximum atomic E-state index is 5.97. The first-order valence-electron chi connectivity index (χ1n) is 5.95. The van der Waals surface area contributed by atoms with E-state index in [0.717, 1.165) is 22.3 Å². The van der Waals surface area contributed by atoms with Gasteiger partial charge in [-0.2, -0.15) is 0 Å². The summed E-state index contributed by atoms with van der Waals surface area (Å²) in [5.41, 5.74) is -0.395. The summed E-state index contributed by atoms with van der Waals surface area (Å²) in [6, 6.07) is 7.83. The number of aromatic nitrogens is 1. The Hall–Kier alpha value is -1.19. The minimum absolute atomic E-state index is 0.395. The van der Waals surface area contributed by atoms with Gasteiger partial charge in [-0.15, -0.1) is 23.2 Å². The van der Waals surface area contributed by atoms with Gasteiger partial charge in [0, 0.05) is 23.3 Å². The number of fused-ring (bicyclic) bond motifs is 1. The lowest BCUT2D eigenvalue weighted by Gasteiger charge is -2.27. The molecule has 0 radical (unpaired) electrons. The fourth-order valence-corrected chi connectivity index (χ4v) is 2.18. The lowest BCUT2D eigenvalue weighted by atomic mass is 10.1. The number of nitrogens with one attached hydrogen (secondary N) is 1. The molecule has 1 aromatic heterocycles. The monoisotopic (exact) mass is 298 g/mol. The van der Waals surface area contributed by atoms with E-state index >= 15 is 0 Å². The second-order valence-electron chi connectivity index (χ2n) is 4.70. The number of ether oxygens (including phenoxy) is 1. The highest BCUT2D eigenvalue weighted by atomic mass is 35.5. The van der Waals surface area contributed by atoms with E-state index in [2.05, 4.69) is 10.3 Å². The van der Waals surface area contributed by atoms with Crippen molar-refractivity contribution < 1.29 is 4.74 Å². The molecule has 1 aromatic carbocycles. The van der Waals surface area contributed by atoms with Crippen LogP contribution in [0.25, 0.3) is 10.8 Å². The summed E-state index contributed by atoms with van der Waals surface area (Å²) in [7, 11) is 1.65. The van der Waals surface area contributed by atoms with Gasteiger partial charge in [-0.3, -0.25) is 0 Å². The molecule has 19 heavy (non-hydrogen) atoms. The molecule has 2 aromatic rings. The molecule has 0 saturated heterocycles. The smallest absolute Gasteiger partial charge is 0.134 e. The largest absolute Gasteiger partial charge is 0.497 e. The average Bonchev–Trinajstić information content (AvgIpc) is 2.47. The van der Waals surface area contributed by atoms with Gasteiger partial charge >= 0.3 is 0 Å². The van der Waals surface area contributed by atoms with Gasteiger partial charge in [0.05, 0.1) is 12.6 Å². The summed E-state index contributed by atoms with van der Waals surface area (Å²) in [5.74, 6) is 2.36. The third-order valence-electron chi connectivity index (χ3n) is 2.98. The van der Waals surface area contributed by atoms with Crippen molar-refractivity contribution in [1.29, 1.82) is 0 Å². The molecule has 0 bridgehead atoms. The van der Waals surface area contributed by atoms with Crippen LogP contribution >= 0.6 is 23.2 Å². The second kappa shape index (κ2) is 5.85. The van der Waals surface area contributed by atoms with E-state index in [0.29, 0.717) is 11.8 Å². The number of pyridine rings is 1. The predicted octanol–water partition coefficient (Wildman–Crippen LogP) is 3.89. The van der Waals surface area contributed by atoms with Crippen molar-refractivity contribution in [1.82, 2.24) is 4.98 Å².